The lowest BCUT2D eigenvalue weighted by atomic mass is 10.00. The van der Waals surface area contributed by atoms with Gasteiger partial charge in [-0.25, -0.2) is 0 Å². The molecule has 0 N–H and O–H groups in total. The first-order chi connectivity index (χ1) is 10.3. The van der Waals surface area contributed by atoms with Crippen molar-refractivity contribution in [2.75, 3.05) is 19.6 Å². The quantitative estimate of drug-likeness (QED) is 0.313. The number of hydrogen-bond donors (Lipinski definition) is 0. The molecule has 0 radical (unpaired) electrons. The van der Waals surface area contributed by atoms with Crippen molar-refractivity contribution in [1.82, 2.24) is 4.90 Å². The molecule has 1 nitrogen and oxygen atoms in total. The molecule has 0 amide bonds. The number of rotatable bonds is 13. The summed E-state index contributed by atoms with van der Waals surface area (Å²) >= 11 is 0. The maximum Gasteiger partial charge on any atom is 0.000703 e. The molecule has 1 heterocycles. The van der Waals surface area contributed by atoms with Crippen LogP contribution in [0.15, 0.2) is 0 Å². The number of unbranched alkanes of at least 4 members (excludes halogenated alkanes) is 11. The van der Waals surface area contributed by atoms with Gasteiger partial charge in [-0.1, -0.05) is 84.5 Å². The van der Waals surface area contributed by atoms with Crippen molar-refractivity contribution in [1.29, 1.82) is 0 Å². The molecule has 0 aliphatic carbocycles. The van der Waals surface area contributed by atoms with E-state index in [9.17, 15) is 0 Å². The summed E-state index contributed by atoms with van der Waals surface area (Å²) in [4.78, 5) is 2.70. The summed E-state index contributed by atoms with van der Waals surface area (Å²) in [6, 6.07) is 0. The highest BCUT2D eigenvalue weighted by Gasteiger charge is 2.14. The highest BCUT2D eigenvalue weighted by molar-refractivity contribution is 8.93. The van der Waals surface area contributed by atoms with Crippen LogP contribution in [0.5, 0.6) is 0 Å². The SMILES string of the molecule is Br.CCCCCCCCCCCCCCN1CCCC(C)C1. The predicted molar refractivity (Wildman–Crippen MR) is 106 cm³/mol. The van der Waals surface area contributed by atoms with Crippen LogP contribution >= 0.6 is 17.0 Å². The first kappa shape index (κ1) is 22.4. The lowest BCUT2D eigenvalue weighted by Crippen LogP contribution is -2.34. The Balaban J connectivity index is 0.00000441. The Bertz CT molecular complexity index is 220. The molecule has 1 rings (SSSR count). The molecule has 1 unspecified atom stereocenters. The van der Waals surface area contributed by atoms with Gasteiger partial charge in [-0.3, -0.25) is 0 Å². The molecule has 0 saturated carbocycles. The van der Waals surface area contributed by atoms with Gasteiger partial charge < -0.3 is 4.90 Å². The normalized spacial score (nSPS) is 19.1. The first-order valence-corrected chi connectivity index (χ1v) is 10.0. The highest BCUT2D eigenvalue weighted by atomic mass is 79.9. The fourth-order valence-corrected chi connectivity index (χ4v) is 3.67. The summed E-state index contributed by atoms with van der Waals surface area (Å²) in [7, 11) is 0. The van der Waals surface area contributed by atoms with Crippen molar-refractivity contribution < 1.29 is 0 Å². The second-order valence-corrected chi connectivity index (χ2v) is 7.44. The molecular weight excluding hydrogens is 334 g/mol. The van der Waals surface area contributed by atoms with E-state index < -0.39 is 0 Å². The van der Waals surface area contributed by atoms with Gasteiger partial charge in [0, 0.05) is 6.54 Å². The summed E-state index contributed by atoms with van der Waals surface area (Å²) in [6.45, 7) is 8.79. The number of nitrogens with zero attached hydrogens (tertiary/aromatic N) is 1. The maximum atomic E-state index is 2.70. The fraction of sp³-hybridized carbons (Fsp3) is 1.00. The van der Waals surface area contributed by atoms with E-state index in [-0.39, 0.29) is 17.0 Å². The number of piperidine rings is 1. The summed E-state index contributed by atoms with van der Waals surface area (Å²) < 4.78 is 0. The van der Waals surface area contributed by atoms with Gasteiger partial charge in [-0.2, -0.15) is 0 Å². The van der Waals surface area contributed by atoms with Gasteiger partial charge in [0.05, 0.1) is 0 Å². The molecule has 1 saturated heterocycles. The Hall–Kier alpha value is 0.440. The molecule has 134 valence electrons. The lowest BCUT2D eigenvalue weighted by molar-refractivity contribution is 0.180. The van der Waals surface area contributed by atoms with E-state index in [2.05, 4.69) is 18.7 Å². The maximum absolute atomic E-state index is 2.70. The zero-order valence-electron chi connectivity index (χ0n) is 15.5. The van der Waals surface area contributed by atoms with Gasteiger partial charge in [-0.05, 0) is 38.3 Å². The van der Waals surface area contributed by atoms with E-state index in [1.54, 1.807) is 0 Å². The van der Waals surface area contributed by atoms with Crippen molar-refractivity contribution in [3.8, 4) is 0 Å². The smallest absolute Gasteiger partial charge is 0.000703 e. The van der Waals surface area contributed by atoms with E-state index in [4.69, 9.17) is 0 Å². The third kappa shape index (κ3) is 12.9. The van der Waals surface area contributed by atoms with E-state index >= 15 is 0 Å². The summed E-state index contributed by atoms with van der Waals surface area (Å²) in [5, 5.41) is 0. The minimum Gasteiger partial charge on any atom is -0.303 e. The van der Waals surface area contributed by atoms with Crippen LogP contribution in [0.3, 0.4) is 0 Å². The minimum atomic E-state index is 0. The van der Waals surface area contributed by atoms with Crippen molar-refractivity contribution in [3.05, 3.63) is 0 Å². The molecule has 22 heavy (non-hydrogen) atoms. The summed E-state index contributed by atoms with van der Waals surface area (Å²) in [5.74, 6) is 0.941. The van der Waals surface area contributed by atoms with Gasteiger partial charge >= 0.3 is 0 Å². The van der Waals surface area contributed by atoms with Crippen LogP contribution in [0, 0.1) is 5.92 Å². The van der Waals surface area contributed by atoms with Crippen molar-refractivity contribution in [2.24, 2.45) is 5.92 Å². The summed E-state index contributed by atoms with van der Waals surface area (Å²) in [5.41, 5.74) is 0. The van der Waals surface area contributed by atoms with Crippen molar-refractivity contribution >= 4 is 17.0 Å². The van der Waals surface area contributed by atoms with Crippen LogP contribution in [0.4, 0.5) is 0 Å². The lowest BCUT2D eigenvalue weighted by Gasteiger charge is -2.30. The number of likely N-dealkylation sites (tertiary alicyclic amines) is 1. The standard InChI is InChI=1S/C20H41N.BrH/c1-3-4-5-6-7-8-9-10-11-12-13-14-17-21-18-15-16-20(2)19-21;/h20H,3-19H2,1-2H3;1H. The van der Waals surface area contributed by atoms with Crippen LogP contribution in [0.25, 0.3) is 0 Å². The zero-order valence-corrected chi connectivity index (χ0v) is 17.2. The third-order valence-electron chi connectivity index (χ3n) is 5.07. The van der Waals surface area contributed by atoms with Gasteiger partial charge in [0.25, 0.3) is 0 Å². The Morgan fingerprint density at radius 2 is 1.27 bits per heavy atom. The average molecular weight is 376 g/mol. The topological polar surface area (TPSA) is 3.24 Å². The van der Waals surface area contributed by atoms with Crippen LogP contribution in [-0.2, 0) is 0 Å². The van der Waals surface area contributed by atoms with E-state index in [1.165, 1.54) is 110 Å². The molecule has 1 aliphatic heterocycles. The van der Waals surface area contributed by atoms with Crippen molar-refractivity contribution in [3.63, 3.8) is 0 Å². The zero-order chi connectivity index (χ0) is 15.2. The highest BCUT2D eigenvalue weighted by Crippen LogP contribution is 2.16. The van der Waals surface area contributed by atoms with Crippen LogP contribution in [-0.4, -0.2) is 24.5 Å². The van der Waals surface area contributed by atoms with Gasteiger partial charge in [-0.15, -0.1) is 17.0 Å². The summed E-state index contributed by atoms with van der Waals surface area (Å²) in [6.07, 6.45) is 20.4. The predicted octanol–water partition coefficient (Wildman–Crippen LogP) is 7.00. The van der Waals surface area contributed by atoms with Gasteiger partial charge in [0.15, 0.2) is 0 Å². The fourth-order valence-electron chi connectivity index (χ4n) is 3.67. The monoisotopic (exact) mass is 375 g/mol. The molecule has 0 aromatic rings. The third-order valence-corrected chi connectivity index (χ3v) is 5.07. The van der Waals surface area contributed by atoms with E-state index in [0.29, 0.717) is 0 Å². The molecule has 0 bridgehead atoms. The second-order valence-electron chi connectivity index (χ2n) is 7.44. The molecular formula is C20H42BrN. The molecule has 1 aliphatic rings. The Morgan fingerprint density at radius 3 is 1.77 bits per heavy atom. The number of halogens is 1. The molecule has 1 atom stereocenters. The largest absolute Gasteiger partial charge is 0.303 e. The molecule has 1 fully saturated rings. The van der Waals surface area contributed by atoms with Crippen LogP contribution in [0.1, 0.15) is 104 Å². The molecule has 0 spiro atoms. The van der Waals surface area contributed by atoms with Crippen molar-refractivity contribution in [2.45, 2.75) is 104 Å². The molecule has 0 aromatic carbocycles. The van der Waals surface area contributed by atoms with E-state index in [0.717, 1.165) is 5.92 Å². The van der Waals surface area contributed by atoms with Gasteiger partial charge in [0.2, 0.25) is 0 Å². The minimum absolute atomic E-state index is 0. The average Bonchev–Trinajstić information content (AvgIpc) is 2.48. The van der Waals surface area contributed by atoms with Gasteiger partial charge in [0.1, 0.15) is 0 Å². The van der Waals surface area contributed by atoms with Crippen LogP contribution < -0.4 is 0 Å². The Kier molecular flexibility index (Phi) is 16.6. The van der Waals surface area contributed by atoms with Crippen LogP contribution in [0.2, 0.25) is 0 Å². The number of hydrogen-bond acceptors (Lipinski definition) is 1. The Labute approximate surface area is 151 Å². The first-order valence-electron chi connectivity index (χ1n) is 10.0. The molecule has 0 aromatic heterocycles. The van der Waals surface area contributed by atoms with E-state index in [1.807, 2.05) is 0 Å². The Morgan fingerprint density at radius 1 is 0.773 bits per heavy atom. The second kappa shape index (κ2) is 16.3. The molecule has 2 heteroatoms.